The summed E-state index contributed by atoms with van der Waals surface area (Å²) in [7, 11) is 0. The Hall–Kier alpha value is -0.630. The number of hydrogen-bond donors (Lipinski definition) is 0. The monoisotopic (exact) mass is 125 g/mol. The summed E-state index contributed by atoms with van der Waals surface area (Å²) in [5.41, 5.74) is 0. The van der Waals surface area contributed by atoms with Crippen LogP contribution in [-0.2, 0) is 4.79 Å². The van der Waals surface area contributed by atoms with Crippen LogP contribution in [0.5, 0.6) is 0 Å². The highest BCUT2D eigenvalue weighted by atomic mass is 16.1. The molecule has 0 amide bonds. The second kappa shape index (κ2) is 3.41. The smallest absolute Gasteiger partial charge is 0.142 e. The highest BCUT2D eigenvalue weighted by Gasteiger charge is 2.10. The van der Waals surface area contributed by atoms with Crippen molar-refractivity contribution < 1.29 is 4.79 Å². The van der Waals surface area contributed by atoms with E-state index >= 15 is 0 Å². The summed E-state index contributed by atoms with van der Waals surface area (Å²) in [5, 5.41) is 0. The molecule has 50 valence electrons. The summed E-state index contributed by atoms with van der Waals surface area (Å²) in [4.78, 5) is 12.1. The quantitative estimate of drug-likeness (QED) is 0.403. The molecule has 9 heavy (non-hydrogen) atoms. The Labute approximate surface area is 55.2 Å². The average molecular weight is 125 g/mol. The van der Waals surface area contributed by atoms with E-state index in [0.29, 0.717) is 0 Å². The number of hydrogen-bond acceptors (Lipinski definition) is 2. The van der Waals surface area contributed by atoms with Gasteiger partial charge in [0, 0.05) is 6.54 Å². The van der Waals surface area contributed by atoms with Gasteiger partial charge in [0.25, 0.3) is 0 Å². The normalized spacial score (nSPS) is 20.0. The van der Waals surface area contributed by atoms with Crippen LogP contribution < -0.4 is 0 Å². The zero-order valence-corrected chi connectivity index (χ0v) is 5.42. The fraction of sp³-hybridized carbons (Fsp3) is 0.571. The van der Waals surface area contributed by atoms with Gasteiger partial charge in [0.05, 0.1) is 0 Å². The number of allylic oxidation sites excluding steroid dienone is 1. The summed E-state index contributed by atoms with van der Waals surface area (Å²) < 4.78 is 0. The first-order valence-corrected chi connectivity index (χ1v) is 3.26. The Kier molecular flexibility index (Phi) is 2.46. The van der Waals surface area contributed by atoms with E-state index in [0.717, 1.165) is 12.8 Å². The van der Waals surface area contributed by atoms with E-state index < -0.39 is 0 Å². The second-order valence-electron chi connectivity index (χ2n) is 2.22. The molecule has 1 rings (SSSR count). The first kappa shape index (κ1) is 6.49. The number of likely N-dealkylation sites (tertiary alicyclic amines) is 1. The Balaban J connectivity index is 2.03. The van der Waals surface area contributed by atoms with Crippen molar-refractivity contribution in [2.45, 2.75) is 6.42 Å². The van der Waals surface area contributed by atoms with Gasteiger partial charge in [-0.3, -0.25) is 9.69 Å². The zero-order chi connectivity index (χ0) is 6.53. The van der Waals surface area contributed by atoms with Crippen molar-refractivity contribution in [3.05, 3.63) is 12.2 Å². The number of carbonyl (C=O) groups is 1. The lowest BCUT2D eigenvalue weighted by molar-refractivity contribution is -0.104. The van der Waals surface area contributed by atoms with E-state index in [4.69, 9.17) is 0 Å². The Bertz CT molecular complexity index is 116. The van der Waals surface area contributed by atoms with Crippen LogP contribution in [0, 0.1) is 0 Å². The van der Waals surface area contributed by atoms with Gasteiger partial charge in [-0.15, -0.1) is 0 Å². The molecule has 0 unspecified atom stereocenters. The molecule has 1 saturated heterocycles. The lowest BCUT2D eigenvalue weighted by atomic mass is 10.2. The molecule has 0 bridgehead atoms. The predicted octanol–water partition coefficient (Wildman–Crippen LogP) is 0.447. The minimum absolute atomic E-state index is 0.819. The van der Waals surface area contributed by atoms with Crippen molar-refractivity contribution in [3.63, 3.8) is 0 Å². The third-order valence-corrected chi connectivity index (χ3v) is 1.53. The first-order chi connectivity index (χ1) is 4.43. The van der Waals surface area contributed by atoms with Crippen LogP contribution in [0.1, 0.15) is 6.42 Å². The van der Waals surface area contributed by atoms with Crippen LogP contribution in [0.4, 0.5) is 0 Å². The van der Waals surface area contributed by atoms with Crippen LogP contribution in [-0.4, -0.2) is 30.8 Å². The standard InChI is InChI=1S/C7H11NO/c9-7-2-1-4-8-5-3-6-8/h1-2,7H,3-6H2. The number of carbonyl (C=O) groups excluding carboxylic acids is 1. The van der Waals surface area contributed by atoms with Crippen molar-refractivity contribution in [2.24, 2.45) is 0 Å². The maximum atomic E-state index is 9.79. The van der Waals surface area contributed by atoms with E-state index in [1.54, 1.807) is 6.08 Å². The SMILES string of the molecule is O=CC=CCN1CCC1. The van der Waals surface area contributed by atoms with E-state index in [1.807, 2.05) is 6.08 Å². The summed E-state index contributed by atoms with van der Waals surface area (Å²) in [5.74, 6) is 0. The molecule has 1 aliphatic heterocycles. The summed E-state index contributed by atoms with van der Waals surface area (Å²) in [6, 6.07) is 0. The molecule has 0 radical (unpaired) electrons. The summed E-state index contributed by atoms with van der Waals surface area (Å²) >= 11 is 0. The molecule has 1 aliphatic rings. The van der Waals surface area contributed by atoms with E-state index in [1.165, 1.54) is 19.5 Å². The largest absolute Gasteiger partial charge is 0.300 e. The predicted molar refractivity (Wildman–Crippen MR) is 36.3 cm³/mol. The molecule has 0 atom stereocenters. The molecule has 2 heteroatoms. The number of rotatable bonds is 3. The van der Waals surface area contributed by atoms with Gasteiger partial charge in [-0.1, -0.05) is 6.08 Å². The van der Waals surface area contributed by atoms with Crippen LogP contribution in [0.3, 0.4) is 0 Å². The molecule has 0 aromatic rings. The van der Waals surface area contributed by atoms with Crippen LogP contribution in [0.25, 0.3) is 0 Å². The number of nitrogens with zero attached hydrogens (tertiary/aromatic N) is 1. The van der Waals surface area contributed by atoms with Gasteiger partial charge in [0.2, 0.25) is 0 Å². The highest BCUT2D eigenvalue weighted by Crippen LogP contribution is 2.03. The van der Waals surface area contributed by atoms with Crippen molar-refractivity contribution in [3.8, 4) is 0 Å². The molecule has 0 aromatic carbocycles. The molecule has 2 nitrogen and oxygen atoms in total. The zero-order valence-electron chi connectivity index (χ0n) is 5.42. The van der Waals surface area contributed by atoms with Gasteiger partial charge in [-0.25, -0.2) is 0 Å². The van der Waals surface area contributed by atoms with Crippen molar-refractivity contribution >= 4 is 6.29 Å². The highest BCUT2D eigenvalue weighted by molar-refractivity contribution is 5.64. The van der Waals surface area contributed by atoms with E-state index in [-0.39, 0.29) is 0 Å². The lowest BCUT2D eigenvalue weighted by Gasteiger charge is -2.29. The fourth-order valence-electron chi connectivity index (χ4n) is 0.830. The first-order valence-electron chi connectivity index (χ1n) is 3.26. The molecule has 1 fully saturated rings. The minimum Gasteiger partial charge on any atom is -0.300 e. The maximum Gasteiger partial charge on any atom is 0.142 e. The maximum absolute atomic E-state index is 9.79. The van der Waals surface area contributed by atoms with E-state index in [9.17, 15) is 4.79 Å². The third kappa shape index (κ3) is 1.98. The Morgan fingerprint density at radius 2 is 2.22 bits per heavy atom. The van der Waals surface area contributed by atoms with Crippen LogP contribution in [0.2, 0.25) is 0 Å². The molecular weight excluding hydrogens is 114 g/mol. The Morgan fingerprint density at radius 3 is 2.67 bits per heavy atom. The molecule has 0 N–H and O–H groups in total. The van der Waals surface area contributed by atoms with Gasteiger partial charge in [0.1, 0.15) is 6.29 Å². The Morgan fingerprint density at radius 1 is 1.44 bits per heavy atom. The lowest BCUT2D eigenvalue weighted by Crippen LogP contribution is -2.36. The summed E-state index contributed by atoms with van der Waals surface area (Å²) in [6.45, 7) is 3.34. The molecule has 0 aliphatic carbocycles. The van der Waals surface area contributed by atoms with Crippen molar-refractivity contribution in [1.82, 2.24) is 4.90 Å². The molecular formula is C7H11NO. The second-order valence-corrected chi connectivity index (χ2v) is 2.22. The summed E-state index contributed by atoms with van der Waals surface area (Å²) in [6.07, 6.45) is 5.58. The van der Waals surface area contributed by atoms with Crippen molar-refractivity contribution in [1.29, 1.82) is 0 Å². The van der Waals surface area contributed by atoms with E-state index in [2.05, 4.69) is 4.90 Å². The molecule has 0 saturated carbocycles. The van der Waals surface area contributed by atoms with Crippen LogP contribution >= 0.6 is 0 Å². The third-order valence-electron chi connectivity index (χ3n) is 1.53. The number of aldehydes is 1. The topological polar surface area (TPSA) is 20.3 Å². The molecule has 1 heterocycles. The minimum atomic E-state index is 0.819. The fourth-order valence-corrected chi connectivity index (χ4v) is 0.830. The van der Waals surface area contributed by atoms with Crippen LogP contribution in [0.15, 0.2) is 12.2 Å². The van der Waals surface area contributed by atoms with Gasteiger partial charge < -0.3 is 0 Å². The van der Waals surface area contributed by atoms with Gasteiger partial charge in [-0.2, -0.15) is 0 Å². The average Bonchev–Trinajstić information content (AvgIpc) is 1.76. The van der Waals surface area contributed by atoms with Gasteiger partial charge >= 0.3 is 0 Å². The molecule has 0 aromatic heterocycles. The van der Waals surface area contributed by atoms with Crippen molar-refractivity contribution in [2.75, 3.05) is 19.6 Å². The molecule has 0 spiro atoms. The van der Waals surface area contributed by atoms with Gasteiger partial charge in [0.15, 0.2) is 0 Å². The van der Waals surface area contributed by atoms with Gasteiger partial charge in [-0.05, 0) is 25.6 Å².